The van der Waals surface area contributed by atoms with Gasteiger partial charge in [0.05, 0.1) is 13.2 Å². The highest BCUT2D eigenvalue weighted by Crippen LogP contribution is 2.16. The van der Waals surface area contributed by atoms with Crippen LogP contribution < -0.4 is 0 Å². The molecular formula is C13H14FNO3. The van der Waals surface area contributed by atoms with Crippen LogP contribution in [0.1, 0.15) is 5.56 Å². The molecule has 1 amide bonds. The maximum atomic E-state index is 13.7. The summed E-state index contributed by atoms with van der Waals surface area (Å²) in [5, 5.41) is 9.25. The van der Waals surface area contributed by atoms with Crippen LogP contribution in [0, 0.1) is 0 Å². The molecule has 1 aliphatic heterocycles. The van der Waals surface area contributed by atoms with Crippen LogP contribution in [0.15, 0.2) is 30.1 Å². The van der Waals surface area contributed by atoms with Gasteiger partial charge in [0.2, 0.25) is 0 Å². The predicted molar refractivity (Wildman–Crippen MR) is 64.6 cm³/mol. The third-order valence-electron chi connectivity index (χ3n) is 2.67. The maximum absolute atomic E-state index is 13.7. The number of ether oxygens (including phenoxy) is 1. The predicted octanol–water partition coefficient (Wildman–Crippen LogP) is 1.56. The van der Waals surface area contributed by atoms with E-state index in [-0.39, 0.29) is 5.75 Å². The van der Waals surface area contributed by atoms with E-state index >= 15 is 0 Å². The molecule has 0 radical (unpaired) electrons. The Morgan fingerprint density at radius 2 is 2.11 bits per heavy atom. The third kappa shape index (κ3) is 3.07. The second-order valence-electron chi connectivity index (χ2n) is 3.99. The summed E-state index contributed by atoms with van der Waals surface area (Å²) in [4.78, 5) is 13.2. The molecule has 96 valence electrons. The Balaban J connectivity index is 2.09. The summed E-state index contributed by atoms with van der Waals surface area (Å²) in [5.41, 5.74) is 0.453. The first-order chi connectivity index (χ1) is 8.66. The van der Waals surface area contributed by atoms with Gasteiger partial charge in [0.1, 0.15) is 5.75 Å². The fraction of sp³-hybridized carbons (Fsp3) is 0.308. The van der Waals surface area contributed by atoms with Gasteiger partial charge in [-0.05, 0) is 23.8 Å². The Hall–Kier alpha value is -1.88. The SMILES string of the molecule is O=C(/C(F)=C/c1cccc(O)c1)N1CCOCC1. The first-order valence-corrected chi connectivity index (χ1v) is 5.70. The largest absolute Gasteiger partial charge is 0.508 e. The van der Waals surface area contributed by atoms with Gasteiger partial charge >= 0.3 is 0 Å². The molecule has 2 rings (SSSR count). The Labute approximate surface area is 104 Å². The van der Waals surface area contributed by atoms with Gasteiger partial charge in [-0.1, -0.05) is 12.1 Å². The number of carbonyl (C=O) groups excluding carboxylic acids is 1. The van der Waals surface area contributed by atoms with E-state index < -0.39 is 11.7 Å². The van der Waals surface area contributed by atoms with Crippen molar-refractivity contribution in [2.75, 3.05) is 26.3 Å². The number of halogens is 1. The first-order valence-electron chi connectivity index (χ1n) is 5.70. The van der Waals surface area contributed by atoms with E-state index in [0.29, 0.717) is 31.9 Å². The van der Waals surface area contributed by atoms with Crippen molar-refractivity contribution in [3.63, 3.8) is 0 Å². The minimum absolute atomic E-state index is 0.0374. The number of carbonyl (C=O) groups is 1. The molecule has 1 heterocycles. The second kappa shape index (κ2) is 5.64. The van der Waals surface area contributed by atoms with Crippen molar-refractivity contribution >= 4 is 12.0 Å². The van der Waals surface area contributed by atoms with Crippen LogP contribution in [-0.2, 0) is 9.53 Å². The Bertz CT molecular complexity index is 467. The minimum Gasteiger partial charge on any atom is -0.508 e. The van der Waals surface area contributed by atoms with Crippen molar-refractivity contribution in [1.29, 1.82) is 0 Å². The van der Waals surface area contributed by atoms with Crippen molar-refractivity contribution < 1.29 is 19.0 Å². The zero-order chi connectivity index (χ0) is 13.0. The lowest BCUT2D eigenvalue weighted by atomic mass is 10.2. The molecule has 0 atom stereocenters. The smallest absolute Gasteiger partial charge is 0.282 e. The van der Waals surface area contributed by atoms with Gasteiger partial charge in [0.25, 0.3) is 5.91 Å². The molecule has 0 aliphatic carbocycles. The number of nitrogens with zero attached hydrogens (tertiary/aromatic N) is 1. The summed E-state index contributed by atoms with van der Waals surface area (Å²) < 4.78 is 18.8. The average molecular weight is 251 g/mol. The van der Waals surface area contributed by atoms with E-state index in [2.05, 4.69) is 0 Å². The molecule has 1 aromatic carbocycles. The number of aromatic hydroxyl groups is 1. The number of morpholine rings is 1. The lowest BCUT2D eigenvalue weighted by Crippen LogP contribution is -2.40. The third-order valence-corrected chi connectivity index (χ3v) is 2.67. The number of phenols is 1. The topological polar surface area (TPSA) is 49.8 Å². The number of rotatable bonds is 2. The zero-order valence-corrected chi connectivity index (χ0v) is 9.80. The van der Waals surface area contributed by atoms with Crippen LogP contribution in [0.2, 0.25) is 0 Å². The van der Waals surface area contributed by atoms with Crippen molar-refractivity contribution in [3.05, 3.63) is 35.7 Å². The van der Waals surface area contributed by atoms with Crippen molar-refractivity contribution in [1.82, 2.24) is 4.90 Å². The quantitative estimate of drug-likeness (QED) is 0.811. The molecule has 1 N–H and O–H groups in total. The Morgan fingerprint density at radius 3 is 2.78 bits per heavy atom. The number of hydrogen-bond acceptors (Lipinski definition) is 3. The molecule has 0 spiro atoms. The van der Waals surface area contributed by atoms with Gasteiger partial charge in [-0.15, -0.1) is 0 Å². The van der Waals surface area contributed by atoms with Crippen LogP contribution in [0.4, 0.5) is 4.39 Å². The van der Waals surface area contributed by atoms with E-state index in [9.17, 15) is 14.3 Å². The highest BCUT2D eigenvalue weighted by atomic mass is 19.1. The van der Waals surface area contributed by atoms with E-state index in [4.69, 9.17) is 4.74 Å². The first kappa shape index (κ1) is 12.6. The molecule has 1 saturated heterocycles. The van der Waals surface area contributed by atoms with Crippen LogP contribution in [-0.4, -0.2) is 42.2 Å². The molecule has 1 aromatic rings. The maximum Gasteiger partial charge on any atom is 0.282 e. The van der Waals surface area contributed by atoms with Gasteiger partial charge in [0, 0.05) is 13.1 Å². The standard InChI is InChI=1S/C13H14FNO3/c14-12(9-10-2-1-3-11(16)8-10)13(17)15-4-6-18-7-5-15/h1-3,8-9,16H,4-7H2/b12-9-. The summed E-state index contributed by atoms with van der Waals surface area (Å²) in [7, 11) is 0. The number of benzene rings is 1. The van der Waals surface area contributed by atoms with Gasteiger partial charge in [-0.2, -0.15) is 0 Å². The lowest BCUT2D eigenvalue weighted by molar-refractivity contribution is -0.132. The molecule has 1 fully saturated rings. The normalized spacial score (nSPS) is 16.7. The Kier molecular flexibility index (Phi) is 3.94. The molecule has 18 heavy (non-hydrogen) atoms. The van der Waals surface area contributed by atoms with Crippen LogP contribution in [0.25, 0.3) is 6.08 Å². The number of phenolic OH excluding ortho intramolecular Hbond substituents is 1. The van der Waals surface area contributed by atoms with Crippen LogP contribution >= 0.6 is 0 Å². The van der Waals surface area contributed by atoms with E-state index in [1.165, 1.54) is 17.0 Å². The van der Waals surface area contributed by atoms with Crippen molar-refractivity contribution in [2.45, 2.75) is 0 Å². The molecule has 0 aromatic heterocycles. The molecule has 0 saturated carbocycles. The summed E-state index contributed by atoms with van der Waals surface area (Å²) >= 11 is 0. The van der Waals surface area contributed by atoms with E-state index in [0.717, 1.165) is 6.08 Å². The fourth-order valence-electron chi connectivity index (χ4n) is 1.74. The molecule has 1 aliphatic rings. The van der Waals surface area contributed by atoms with Gasteiger partial charge in [0.15, 0.2) is 5.83 Å². The molecule has 4 nitrogen and oxygen atoms in total. The van der Waals surface area contributed by atoms with Crippen LogP contribution in [0.3, 0.4) is 0 Å². The summed E-state index contributed by atoms with van der Waals surface area (Å²) in [6.45, 7) is 1.68. The van der Waals surface area contributed by atoms with Crippen molar-refractivity contribution in [3.8, 4) is 5.75 Å². The number of amides is 1. The summed E-state index contributed by atoms with van der Waals surface area (Å²) in [6, 6.07) is 6.09. The van der Waals surface area contributed by atoms with E-state index in [1.54, 1.807) is 12.1 Å². The fourth-order valence-corrected chi connectivity index (χ4v) is 1.74. The summed E-state index contributed by atoms with van der Waals surface area (Å²) in [6.07, 6.45) is 1.12. The molecule has 0 unspecified atom stereocenters. The minimum atomic E-state index is -0.831. The van der Waals surface area contributed by atoms with Crippen molar-refractivity contribution in [2.24, 2.45) is 0 Å². The average Bonchev–Trinajstić information content (AvgIpc) is 2.39. The lowest BCUT2D eigenvalue weighted by Gasteiger charge is -2.26. The van der Waals surface area contributed by atoms with Gasteiger partial charge < -0.3 is 14.7 Å². The number of hydrogen-bond donors (Lipinski definition) is 1. The zero-order valence-electron chi connectivity index (χ0n) is 9.80. The second-order valence-corrected chi connectivity index (χ2v) is 3.99. The molecular weight excluding hydrogens is 237 g/mol. The van der Waals surface area contributed by atoms with Crippen LogP contribution in [0.5, 0.6) is 5.75 Å². The molecule has 5 heteroatoms. The van der Waals surface area contributed by atoms with E-state index in [1.807, 2.05) is 0 Å². The highest BCUT2D eigenvalue weighted by molar-refractivity contribution is 5.95. The molecule has 0 bridgehead atoms. The highest BCUT2D eigenvalue weighted by Gasteiger charge is 2.20. The summed E-state index contributed by atoms with van der Waals surface area (Å²) in [5.74, 6) is -1.43. The van der Waals surface area contributed by atoms with Gasteiger partial charge in [-0.3, -0.25) is 4.79 Å². The Morgan fingerprint density at radius 1 is 1.39 bits per heavy atom. The van der Waals surface area contributed by atoms with Gasteiger partial charge in [-0.25, -0.2) is 4.39 Å². The monoisotopic (exact) mass is 251 g/mol.